The molecule has 0 saturated carbocycles. The fraction of sp³-hybridized carbons (Fsp3) is 0.667. The minimum atomic E-state index is 0.541. The molecule has 19 heavy (non-hydrogen) atoms. The Bertz CT molecular complexity index is 420. The Hall–Kier alpha value is -0.800. The van der Waals surface area contributed by atoms with Crippen molar-refractivity contribution < 1.29 is 0 Å². The lowest BCUT2D eigenvalue weighted by molar-refractivity contribution is 0.115. The molecule has 3 heterocycles. The van der Waals surface area contributed by atoms with Crippen LogP contribution in [0.5, 0.6) is 0 Å². The van der Waals surface area contributed by atoms with Crippen LogP contribution in [0.2, 0.25) is 0 Å². The average molecular weight is 280 g/mol. The largest absolute Gasteiger partial charge is 0.351 e. The molecule has 0 aliphatic carbocycles. The van der Waals surface area contributed by atoms with Gasteiger partial charge in [-0.1, -0.05) is 12.5 Å². The molecule has 0 amide bonds. The average Bonchev–Trinajstić information content (AvgIpc) is 2.47. The van der Waals surface area contributed by atoms with Gasteiger partial charge in [0.15, 0.2) is 0 Å². The number of halogens is 1. The van der Waals surface area contributed by atoms with Crippen molar-refractivity contribution in [2.75, 3.05) is 24.5 Å². The molecule has 2 aliphatic rings. The van der Waals surface area contributed by atoms with Gasteiger partial charge in [0.05, 0.1) is 0 Å². The van der Waals surface area contributed by atoms with E-state index < -0.39 is 0 Å². The predicted molar refractivity (Wildman–Crippen MR) is 79.8 cm³/mol. The van der Waals surface area contributed by atoms with Crippen molar-refractivity contribution >= 4 is 17.4 Å². The molecule has 0 spiro atoms. The molecule has 104 valence electrons. The van der Waals surface area contributed by atoms with Crippen molar-refractivity contribution in [1.29, 1.82) is 0 Å². The van der Waals surface area contributed by atoms with Crippen LogP contribution in [0, 0.1) is 0 Å². The number of alkyl halides is 1. The second-order valence-electron chi connectivity index (χ2n) is 5.80. The molecular formula is C15H22ClN3. The summed E-state index contributed by atoms with van der Waals surface area (Å²) in [5.41, 5.74) is 1.09. The maximum Gasteiger partial charge on any atom is 0.128 e. The van der Waals surface area contributed by atoms with E-state index in [0.717, 1.165) is 24.0 Å². The van der Waals surface area contributed by atoms with E-state index >= 15 is 0 Å². The lowest BCUT2D eigenvalue weighted by Crippen LogP contribution is -2.59. The molecule has 0 N–H and O–H groups in total. The Morgan fingerprint density at radius 2 is 2.21 bits per heavy atom. The van der Waals surface area contributed by atoms with E-state index in [4.69, 9.17) is 11.6 Å². The molecule has 3 rings (SSSR count). The van der Waals surface area contributed by atoms with Crippen LogP contribution >= 0.6 is 11.6 Å². The Morgan fingerprint density at radius 3 is 2.95 bits per heavy atom. The zero-order chi connectivity index (χ0) is 13.2. The second kappa shape index (κ2) is 5.68. The van der Waals surface area contributed by atoms with Gasteiger partial charge in [0.25, 0.3) is 0 Å². The molecular weight excluding hydrogens is 258 g/mol. The molecule has 0 aromatic carbocycles. The molecule has 1 aromatic rings. The number of aromatic nitrogens is 1. The van der Waals surface area contributed by atoms with Gasteiger partial charge in [-0.2, -0.15) is 0 Å². The van der Waals surface area contributed by atoms with Gasteiger partial charge in [0.2, 0.25) is 0 Å². The smallest absolute Gasteiger partial charge is 0.128 e. The fourth-order valence-electron chi connectivity index (χ4n) is 3.34. The number of anilines is 1. The lowest BCUT2D eigenvalue weighted by Gasteiger charge is -2.48. The molecule has 2 saturated heterocycles. The summed E-state index contributed by atoms with van der Waals surface area (Å²) in [6, 6.07) is 5.48. The van der Waals surface area contributed by atoms with Gasteiger partial charge in [0, 0.05) is 37.3 Å². The summed E-state index contributed by atoms with van der Waals surface area (Å²) in [4.78, 5) is 9.71. The van der Waals surface area contributed by atoms with E-state index in [-0.39, 0.29) is 0 Å². The maximum absolute atomic E-state index is 5.82. The van der Waals surface area contributed by atoms with Crippen molar-refractivity contribution in [3.05, 3.63) is 23.9 Å². The van der Waals surface area contributed by atoms with Crippen LogP contribution in [-0.2, 0) is 5.88 Å². The van der Waals surface area contributed by atoms with E-state index in [1.807, 2.05) is 6.20 Å². The minimum Gasteiger partial charge on any atom is -0.351 e. The van der Waals surface area contributed by atoms with Gasteiger partial charge in [0.1, 0.15) is 5.82 Å². The van der Waals surface area contributed by atoms with Crippen molar-refractivity contribution in [3.63, 3.8) is 0 Å². The van der Waals surface area contributed by atoms with E-state index in [2.05, 4.69) is 33.8 Å². The lowest BCUT2D eigenvalue weighted by atomic mass is 9.97. The SMILES string of the molecule is CC1CN2CCCCC2CN1c1ccc(CCl)cn1. The summed E-state index contributed by atoms with van der Waals surface area (Å²) in [6.07, 6.45) is 5.99. The third-order valence-corrected chi connectivity index (χ3v) is 4.75. The highest BCUT2D eigenvalue weighted by molar-refractivity contribution is 6.17. The summed E-state index contributed by atoms with van der Waals surface area (Å²) in [5, 5.41) is 0. The van der Waals surface area contributed by atoms with Crippen LogP contribution in [0.25, 0.3) is 0 Å². The third-order valence-electron chi connectivity index (χ3n) is 4.45. The Morgan fingerprint density at radius 1 is 1.32 bits per heavy atom. The topological polar surface area (TPSA) is 19.4 Å². The van der Waals surface area contributed by atoms with Gasteiger partial charge < -0.3 is 4.90 Å². The molecule has 2 atom stereocenters. The van der Waals surface area contributed by atoms with E-state index in [1.54, 1.807) is 0 Å². The first-order valence-corrected chi connectivity index (χ1v) is 7.83. The third kappa shape index (κ3) is 2.72. The van der Waals surface area contributed by atoms with Gasteiger partial charge >= 0.3 is 0 Å². The molecule has 1 aromatic heterocycles. The fourth-order valence-corrected chi connectivity index (χ4v) is 3.50. The number of nitrogens with zero attached hydrogens (tertiary/aromatic N) is 3. The van der Waals surface area contributed by atoms with Crippen LogP contribution in [-0.4, -0.2) is 41.6 Å². The zero-order valence-corrected chi connectivity index (χ0v) is 12.3. The van der Waals surface area contributed by atoms with E-state index in [1.165, 1.54) is 32.4 Å². The normalized spacial score (nSPS) is 28.2. The summed E-state index contributed by atoms with van der Waals surface area (Å²) >= 11 is 5.82. The maximum atomic E-state index is 5.82. The molecule has 0 radical (unpaired) electrons. The summed E-state index contributed by atoms with van der Waals surface area (Å²) in [5.74, 6) is 1.64. The van der Waals surface area contributed by atoms with Gasteiger partial charge in [-0.3, -0.25) is 4.90 Å². The molecule has 0 bridgehead atoms. The zero-order valence-electron chi connectivity index (χ0n) is 11.6. The molecule has 2 unspecified atom stereocenters. The van der Waals surface area contributed by atoms with Crippen molar-refractivity contribution in [2.24, 2.45) is 0 Å². The minimum absolute atomic E-state index is 0.541. The standard InChI is InChI=1S/C15H22ClN3/c1-12-10-18-7-3-2-4-14(18)11-19(12)15-6-5-13(8-16)9-17-15/h5-6,9,12,14H,2-4,7-8,10-11H2,1H3. The van der Waals surface area contributed by atoms with E-state index in [0.29, 0.717) is 11.9 Å². The van der Waals surface area contributed by atoms with Crippen molar-refractivity contribution in [3.8, 4) is 0 Å². The number of piperidine rings is 1. The van der Waals surface area contributed by atoms with Crippen LogP contribution in [0.3, 0.4) is 0 Å². The van der Waals surface area contributed by atoms with Gasteiger partial charge in [-0.15, -0.1) is 11.6 Å². The number of hydrogen-bond donors (Lipinski definition) is 0. The quantitative estimate of drug-likeness (QED) is 0.776. The Balaban J connectivity index is 1.75. The van der Waals surface area contributed by atoms with E-state index in [9.17, 15) is 0 Å². The highest BCUT2D eigenvalue weighted by atomic mass is 35.5. The highest BCUT2D eigenvalue weighted by Crippen LogP contribution is 2.27. The van der Waals surface area contributed by atoms with Gasteiger partial charge in [-0.05, 0) is 37.9 Å². The first kappa shape index (κ1) is 13.2. The van der Waals surface area contributed by atoms with Crippen LogP contribution in [0.4, 0.5) is 5.82 Å². The van der Waals surface area contributed by atoms with Crippen LogP contribution < -0.4 is 4.90 Å². The molecule has 3 nitrogen and oxygen atoms in total. The molecule has 2 fully saturated rings. The number of rotatable bonds is 2. The summed E-state index contributed by atoms with van der Waals surface area (Å²) in [6.45, 7) is 5.88. The molecule has 2 aliphatic heterocycles. The number of pyridine rings is 1. The van der Waals surface area contributed by atoms with Gasteiger partial charge in [-0.25, -0.2) is 4.98 Å². The first-order valence-electron chi connectivity index (χ1n) is 7.29. The number of piperazine rings is 1. The Kier molecular flexibility index (Phi) is 3.94. The first-order chi connectivity index (χ1) is 9.28. The van der Waals surface area contributed by atoms with Crippen LogP contribution in [0.15, 0.2) is 18.3 Å². The Labute approximate surface area is 120 Å². The van der Waals surface area contributed by atoms with Crippen molar-refractivity contribution in [1.82, 2.24) is 9.88 Å². The number of fused-ring (bicyclic) bond motifs is 1. The van der Waals surface area contributed by atoms with Crippen LogP contribution in [0.1, 0.15) is 31.7 Å². The monoisotopic (exact) mass is 279 g/mol. The predicted octanol–water partition coefficient (Wildman–Crippen LogP) is 2.88. The molecule has 4 heteroatoms. The second-order valence-corrected chi connectivity index (χ2v) is 6.07. The highest BCUT2D eigenvalue weighted by Gasteiger charge is 2.33. The van der Waals surface area contributed by atoms with Crippen molar-refractivity contribution in [2.45, 2.75) is 44.1 Å². The summed E-state index contributed by atoms with van der Waals surface area (Å²) in [7, 11) is 0. The number of hydrogen-bond acceptors (Lipinski definition) is 3. The summed E-state index contributed by atoms with van der Waals surface area (Å²) < 4.78 is 0.